The lowest BCUT2D eigenvalue weighted by Crippen LogP contribution is -2.48. The van der Waals surface area contributed by atoms with Crippen molar-refractivity contribution in [3.8, 4) is 0 Å². The molecule has 0 aromatic heterocycles. The maximum absolute atomic E-state index is 13.0. The summed E-state index contributed by atoms with van der Waals surface area (Å²) in [7, 11) is -6.75. The minimum atomic E-state index is -3.48. The highest BCUT2D eigenvalue weighted by atomic mass is 32.2. The average Bonchev–Trinajstić information content (AvgIpc) is 3.23. The van der Waals surface area contributed by atoms with Gasteiger partial charge in [0.15, 0.2) is 9.84 Å². The van der Waals surface area contributed by atoms with Gasteiger partial charge < -0.3 is 4.90 Å². The molecule has 0 atom stereocenters. The summed E-state index contributed by atoms with van der Waals surface area (Å²) in [6.45, 7) is 2.76. The highest BCUT2D eigenvalue weighted by molar-refractivity contribution is 7.91. The van der Waals surface area contributed by atoms with Gasteiger partial charge >= 0.3 is 0 Å². The van der Waals surface area contributed by atoms with E-state index in [2.05, 4.69) is 4.90 Å². The third-order valence-corrected chi connectivity index (χ3v) is 9.74. The lowest BCUT2D eigenvalue weighted by Gasteiger charge is -2.34. The molecule has 1 heterocycles. The van der Waals surface area contributed by atoms with E-state index in [1.54, 1.807) is 40.7 Å². The Morgan fingerprint density at radius 2 is 1.47 bits per heavy atom. The van der Waals surface area contributed by atoms with E-state index in [0.717, 1.165) is 24.8 Å². The van der Waals surface area contributed by atoms with Crippen LogP contribution < -0.4 is 0 Å². The number of nitrogens with zero attached hydrogens (tertiary/aromatic N) is 2. The third kappa shape index (κ3) is 4.61. The Morgan fingerprint density at radius 1 is 0.767 bits per heavy atom. The number of benzene rings is 2. The summed E-state index contributed by atoms with van der Waals surface area (Å²) in [6.07, 6.45) is 3.62. The van der Waals surface area contributed by atoms with Gasteiger partial charge in [0.25, 0.3) is 0 Å². The minimum Gasteiger partial charge on any atom is -0.301 e. The number of piperazine rings is 1. The van der Waals surface area contributed by atoms with Gasteiger partial charge in [-0.3, -0.25) is 0 Å². The summed E-state index contributed by atoms with van der Waals surface area (Å²) >= 11 is 0. The summed E-state index contributed by atoms with van der Waals surface area (Å²) in [4.78, 5) is 2.90. The maximum atomic E-state index is 13.0. The van der Waals surface area contributed by atoms with Crippen LogP contribution in [-0.2, 0) is 32.7 Å². The van der Waals surface area contributed by atoms with Gasteiger partial charge in [-0.05, 0) is 67.6 Å². The molecule has 8 heteroatoms. The first-order chi connectivity index (χ1) is 14.4. The van der Waals surface area contributed by atoms with Gasteiger partial charge in [-0.2, -0.15) is 4.31 Å². The standard InChI is InChI=1S/C22H28N2O4S2/c25-29(26,21-8-2-1-3-9-21)17-5-12-23-13-15-24(16-14-23)30(27,28)22-11-10-19-6-4-7-20(19)18-22/h1-3,8-11,18H,4-7,12-17H2. The van der Waals surface area contributed by atoms with Crippen LogP contribution in [0.25, 0.3) is 0 Å². The zero-order chi connectivity index (χ0) is 21.2. The molecule has 0 amide bonds. The van der Waals surface area contributed by atoms with Gasteiger partial charge in [0.1, 0.15) is 0 Å². The topological polar surface area (TPSA) is 74.8 Å². The fourth-order valence-corrected chi connectivity index (χ4v) is 7.07. The van der Waals surface area contributed by atoms with Crippen molar-refractivity contribution in [3.63, 3.8) is 0 Å². The summed E-state index contributed by atoms with van der Waals surface area (Å²) in [5.41, 5.74) is 2.43. The smallest absolute Gasteiger partial charge is 0.243 e. The third-order valence-electron chi connectivity index (χ3n) is 6.03. The Labute approximate surface area is 179 Å². The number of sulfonamides is 1. The van der Waals surface area contributed by atoms with Crippen LogP contribution in [0.5, 0.6) is 0 Å². The van der Waals surface area contributed by atoms with Crippen LogP contribution in [0.2, 0.25) is 0 Å². The Kier molecular flexibility index (Phi) is 6.29. The molecule has 1 fully saturated rings. The van der Waals surface area contributed by atoms with Gasteiger partial charge in [0, 0.05) is 26.2 Å². The molecule has 30 heavy (non-hydrogen) atoms. The average molecular weight is 449 g/mol. The highest BCUT2D eigenvalue weighted by Gasteiger charge is 2.29. The monoisotopic (exact) mass is 448 g/mol. The minimum absolute atomic E-state index is 0.102. The van der Waals surface area contributed by atoms with E-state index < -0.39 is 19.9 Å². The van der Waals surface area contributed by atoms with E-state index in [1.165, 1.54) is 5.56 Å². The van der Waals surface area contributed by atoms with Gasteiger partial charge in [0.05, 0.1) is 15.5 Å². The molecule has 2 aliphatic rings. The predicted octanol–water partition coefficient (Wildman–Crippen LogP) is 2.35. The molecule has 2 aromatic rings. The van der Waals surface area contributed by atoms with Crippen molar-refractivity contribution >= 4 is 19.9 Å². The zero-order valence-electron chi connectivity index (χ0n) is 17.0. The predicted molar refractivity (Wildman–Crippen MR) is 117 cm³/mol. The second kappa shape index (κ2) is 8.78. The molecule has 0 bridgehead atoms. The number of hydrogen-bond acceptors (Lipinski definition) is 5. The van der Waals surface area contributed by atoms with Crippen LogP contribution in [0.15, 0.2) is 58.3 Å². The van der Waals surface area contributed by atoms with E-state index in [0.29, 0.717) is 48.9 Å². The Hall–Kier alpha value is -1.74. The molecular formula is C22H28N2O4S2. The second-order valence-electron chi connectivity index (χ2n) is 8.02. The molecule has 0 saturated carbocycles. The summed E-state index contributed by atoms with van der Waals surface area (Å²) in [6, 6.07) is 14.0. The molecule has 162 valence electrons. The Morgan fingerprint density at radius 3 is 2.20 bits per heavy atom. The molecule has 0 N–H and O–H groups in total. The van der Waals surface area contributed by atoms with Crippen molar-refractivity contribution in [3.05, 3.63) is 59.7 Å². The summed E-state index contributed by atoms with van der Waals surface area (Å²) in [5, 5.41) is 0. The summed E-state index contributed by atoms with van der Waals surface area (Å²) < 4.78 is 52.4. The molecule has 0 radical (unpaired) electrons. The first-order valence-electron chi connectivity index (χ1n) is 10.5. The molecule has 0 unspecified atom stereocenters. The molecular weight excluding hydrogens is 420 g/mol. The van der Waals surface area contributed by atoms with E-state index in [4.69, 9.17) is 0 Å². The first-order valence-corrected chi connectivity index (χ1v) is 13.6. The number of sulfone groups is 1. The quantitative estimate of drug-likeness (QED) is 0.650. The van der Waals surface area contributed by atoms with Crippen LogP contribution in [0.3, 0.4) is 0 Å². The molecule has 0 spiro atoms. The normalized spacial score (nSPS) is 18.4. The maximum Gasteiger partial charge on any atom is 0.243 e. The fourth-order valence-electron chi connectivity index (χ4n) is 4.28. The number of hydrogen-bond donors (Lipinski definition) is 0. The largest absolute Gasteiger partial charge is 0.301 e. The van der Waals surface area contributed by atoms with Gasteiger partial charge in [0.2, 0.25) is 10.0 Å². The van der Waals surface area contributed by atoms with Crippen molar-refractivity contribution in [1.29, 1.82) is 0 Å². The molecule has 4 rings (SSSR count). The molecule has 1 aliphatic carbocycles. The van der Waals surface area contributed by atoms with Crippen molar-refractivity contribution in [1.82, 2.24) is 9.21 Å². The molecule has 1 saturated heterocycles. The molecule has 6 nitrogen and oxygen atoms in total. The van der Waals surface area contributed by atoms with Gasteiger partial charge in [-0.1, -0.05) is 24.3 Å². The van der Waals surface area contributed by atoms with Crippen LogP contribution in [0, 0.1) is 0 Å². The fraction of sp³-hybridized carbons (Fsp3) is 0.455. The molecule has 1 aliphatic heterocycles. The van der Waals surface area contributed by atoms with Crippen LogP contribution >= 0.6 is 0 Å². The lowest BCUT2D eigenvalue weighted by atomic mass is 10.1. The summed E-state index contributed by atoms with van der Waals surface area (Å²) in [5.74, 6) is 0.102. The van der Waals surface area contributed by atoms with E-state index in [1.807, 2.05) is 12.1 Å². The second-order valence-corrected chi connectivity index (χ2v) is 12.1. The van der Waals surface area contributed by atoms with Crippen molar-refractivity contribution in [2.24, 2.45) is 0 Å². The zero-order valence-corrected chi connectivity index (χ0v) is 18.7. The Balaban J connectivity index is 1.30. The van der Waals surface area contributed by atoms with Gasteiger partial charge in [-0.25, -0.2) is 16.8 Å². The molecule has 2 aromatic carbocycles. The first kappa shape index (κ1) is 21.5. The number of fused-ring (bicyclic) bond motifs is 1. The van der Waals surface area contributed by atoms with Crippen LogP contribution in [-0.4, -0.2) is 64.5 Å². The van der Waals surface area contributed by atoms with Gasteiger partial charge in [-0.15, -0.1) is 0 Å². The van der Waals surface area contributed by atoms with E-state index in [-0.39, 0.29) is 5.75 Å². The van der Waals surface area contributed by atoms with E-state index >= 15 is 0 Å². The van der Waals surface area contributed by atoms with Crippen LogP contribution in [0.4, 0.5) is 0 Å². The highest BCUT2D eigenvalue weighted by Crippen LogP contribution is 2.26. The van der Waals surface area contributed by atoms with Crippen molar-refractivity contribution < 1.29 is 16.8 Å². The van der Waals surface area contributed by atoms with Crippen LogP contribution in [0.1, 0.15) is 24.0 Å². The number of rotatable bonds is 7. The SMILES string of the molecule is O=S(=O)(CCCN1CCN(S(=O)(=O)c2ccc3c(c2)CCC3)CC1)c1ccccc1. The number of aryl methyl sites for hydroxylation is 2. The lowest BCUT2D eigenvalue weighted by molar-refractivity contribution is 0.189. The Bertz CT molecular complexity index is 1090. The van der Waals surface area contributed by atoms with Crippen molar-refractivity contribution in [2.45, 2.75) is 35.5 Å². The van der Waals surface area contributed by atoms with Crippen molar-refractivity contribution in [2.75, 3.05) is 38.5 Å². The van der Waals surface area contributed by atoms with E-state index in [9.17, 15) is 16.8 Å².